The maximum absolute atomic E-state index is 5.81. The topological polar surface area (TPSA) is 36.9 Å². The van der Waals surface area contributed by atoms with Crippen LogP contribution in [0.1, 0.15) is 33.6 Å². The van der Waals surface area contributed by atoms with Gasteiger partial charge in [0.15, 0.2) is 6.29 Å². The summed E-state index contributed by atoms with van der Waals surface area (Å²) in [7, 11) is 0. The number of hydrogen-bond acceptors (Lipinski definition) is 4. The molecule has 0 bridgehead atoms. The van der Waals surface area contributed by atoms with Gasteiger partial charge in [-0.3, -0.25) is 0 Å². The predicted molar refractivity (Wildman–Crippen MR) is 68.5 cm³/mol. The lowest BCUT2D eigenvalue weighted by molar-refractivity contribution is -0.229. The lowest BCUT2D eigenvalue weighted by atomic mass is 9.84. The summed E-state index contributed by atoms with van der Waals surface area (Å²) in [5, 5.41) is 0. The van der Waals surface area contributed by atoms with E-state index in [9.17, 15) is 0 Å². The van der Waals surface area contributed by atoms with Crippen LogP contribution >= 0.6 is 0 Å². The van der Waals surface area contributed by atoms with E-state index in [4.69, 9.17) is 18.9 Å². The van der Waals surface area contributed by atoms with E-state index in [0.717, 1.165) is 52.5 Å². The van der Waals surface area contributed by atoms with Crippen molar-refractivity contribution in [2.24, 2.45) is 10.8 Å². The molecule has 0 aromatic rings. The molecule has 106 valence electrons. The highest BCUT2D eigenvalue weighted by molar-refractivity contribution is 4.85. The Kier molecular flexibility index (Phi) is 4.64. The summed E-state index contributed by atoms with van der Waals surface area (Å²) >= 11 is 0. The van der Waals surface area contributed by atoms with Gasteiger partial charge in [0.25, 0.3) is 0 Å². The zero-order valence-corrected chi connectivity index (χ0v) is 11.9. The molecule has 0 spiro atoms. The van der Waals surface area contributed by atoms with Crippen LogP contribution in [-0.2, 0) is 18.9 Å². The molecule has 2 aliphatic heterocycles. The third-order valence-electron chi connectivity index (χ3n) is 4.38. The Morgan fingerprint density at radius 3 is 1.50 bits per heavy atom. The van der Waals surface area contributed by atoms with Crippen molar-refractivity contribution < 1.29 is 18.9 Å². The van der Waals surface area contributed by atoms with Crippen molar-refractivity contribution in [1.29, 1.82) is 0 Å². The fourth-order valence-electron chi connectivity index (χ4n) is 2.20. The molecule has 4 heteroatoms. The summed E-state index contributed by atoms with van der Waals surface area (Å²) < 4.78 is 22.2. The van der Waals surface area contributed by atoms with Gasteiger partial charge in [-0.25, -0.2) is 0 Å². The van der Waals surface area contributed by atoms with E-state index < -0.39 is 0 Å². The van der Waals surface area contributed by atoms with Crippen molar-refractivity contribution >= 4 is 0 Å². The molecular formula is C14H26O4. The van der Waals surface area contributed by atoms with E-state index in [1.165, 1.54) is 0 Å². The minimum Gasteiger partial charge on any atom is -0.380 e. The Morgan fingerprint density at radius 1 is 0.889 bits per heavy atom. The first-order chi connectivity index (χ1) is 8.64. The fraction of sp³-hybridized carbons (Fsp3) is 1.00. The molecule has 2 heterocycles. The molecule has 2 saturated heterocycles. The zero-order chi connectivity index (χ0) is 13.1. The minimum absolute atomic E-state index is 0.141. The number of hydrogen-bond donors (Lipinski definition) is 0. The lowest BCUT2D eigenvalue weighted by Crippen LogP contribution is -2.48. The zero-order valence-electron chi connectivity index (χ0n) is 11.9. The minimum atomic E-state index is -0.141. The molecule has 0 amide bonds. The first kappa shape index (κ1) is 14.3. The molecule has 0 unspecified atom stereocenters. The molecule has 0 saturated carbocycles. The largest absolute Gasteiger partial charge is 0.380 e. The van der Waals surface area contributed by atoms with Crippen molar-refractivity contribution in [3.05, 3.63) is 0 Å². The monoisotopic (exact) mass is 258 g/mol. The third-order valence-corrected chi connectivity index (χ3v) is 4.38. The van der Waals surface area contributed by atoms with Gasteiger partial charge in [-0.15, -0.1) is 0 Å². The van der Waals surface area contributed by atoms with Crippen molar-refractivity contribution in [2.45, 2.75) is 39.9 Å². The van der Waals surface area contributed by atoms with Crippen LogP contribution in [0.3, 0.4) is 0 Å². The van der Waals surface area contributed by atoms with E-state index in [2.05, 4.69) is 13.8 Å². The van der Waals surface area contributed by atoms with Crippen LogP contribution in [0.4, 0.5) is 0 Å². The van der Waals surface area contributed by atoms with E-state index in [1.54, 1.807) is 0 Å². The summed E-state index contributed by atoms with van der Waals surface area (Å²) in [5.74, 6) is 0. The molecule has 2 aliphatic rings. The van der Waals surface area contributed by atoms with Crippen LogP contribution in [0.5, 0.6) is 0 Å². The Balaban J connectivity index is 1.64. The number of ether oxygens (including phenoxy) is 4. The molecule has 4 nitrogen and oxygen atoms in total. The van der Waals surface area contributed by atoms with Gasteiger partial charge in [0.05, 0.1) is 39.6 Å². The SMILES string of the molecule is CCC1(COC(C)OCC2(CC)COC2)COC1. The normalized spacial score (nSPS) is 24.7. The van der Waals surface area contributed by atoms with Crippen LogP contribution in [0.25, 0.3) is 0 Å². The van der Waals surface area contributed by atoms with E-state index in [-0.39, 0.29) is 17.1 Å². The molecule has 0 aromatic heterocycles. The van der Waals surface area contributed by atoms with Gasteiger partial charge in [0, 0.05) is 10.8 Å². The first-order valence-corrected chi connectivity index (χ1v) is 7.02. The maximum Gasteiger partial charge on any atom is 0.154 e. The molecule has 2 fully saturated rings. The molecule has 0 atom stereocenters. The van der Waals surface area contributed by atoms with Crippen molar-refractivity contribution in [2.75, 3.05) is 39.6 Å². The van der Waals surface area contributed by atoms with E-state index in [0.29, 0.717) is 0 Å². The summed E-state index contributed by atoms with van der Waals surface area (Å²) in [4.78, 5) is 0. The summed E-state index contributed by atoms with van der Waals surface area (Å²) in [5.41, 5.74) is 0.472. The van der Waals surface area contributed by atoms with Crippen molar-refractivity contribution in [3.8, 4) is 0 Å². The van der Waals surface area contributed by atoms with Crippen LogP contribution in [0.2, 0.25) is 0 Å². The average molecular weight is 258 g/mol. The van der Waals surface area contributed by atoms with Gasteiger partial charge in [0.1, 0.15) is 0 Å². The Labute approximate surface area is 110 Å². The van der Waals surface area contributed by atoms with Crippen LogP contribution < -0.4 is 0 Å². The van der Waals surface area contributed by atoms with Gasteiger partial charge in [0.2, 0.25) is 0 Å². The molecule has 0 N–H and O–H groups in total. The molecule has 18 heavy (non-hydrogen) atoms. The van der Waals surface area contributed by atoms with Gasteiger partial charge >= 0.3 is 0 Å². The fourth-order valence-corrected chi connectivity index (χ4v) is 2.20. The quantitative estimate of drug-likeness (QED) is 0.626. The molecule has 2 rings (SSSR count). The average Bonchev–Trinajstić information content (AvgIpc) is 2.27. The van der Waals surface area contributed by atoms with Crippen molar-refractivity contribution in [3.63, 3.8) is 0 Å². The highest BCUT2D eigenvalue weighted by Gasteiger charge is 2.39. The molecule has 0 aliphatic carbocycles. The summed E-state index contributed by atoms with van der Waals surface area (Å²) in [6.45, 7) is 11.1. The molecule has 0 radical (unpaired) electrons. The van der Waals surface area contributed by atoms with E-state index >= 15 is 0 Å². The van der Waals surface area contributed by atoms with Crippen LogP contribution in [-0.4, -0.2) is 45.9 Å². The Hall–Kier alpha value is -0.160. The van der Waals surface area contributed by atoms with Crippen LogP contribution in [0, 0.1) is 10.8 Å². The van der Waals surface area contributed by atoms with E-state index in [1.807, 2.05) is 6.92 Å². The second kappa shape index (κ2) is 5.87. The second-order valence-electron chi connectivity index (χ2n) is 5.88. The Bertz CT molecular complexity index is 222. The van der Waals surface area contributed by atoms with Crippen LogP contribution in [0.15, 0.2) is 0 Å². The third kappa shape index (κ3) is 3.05. The first-order valence-electron chi connectivity index (χ1n) is 7.02. The standard InChI is InChI=1S/C14H26O4/c1-4-13(6-15-7-13)10-17-12(3)18-11-14(5-2)8-16-9-14/h12H,4-11H2,1-3H3. The van der Waals surface area contributed by atoms with Gasteiger partial charge < -0.3 is 18.9 Å². The molecular weight excluding hydrogens is 232 g/mol. The number of rotatable bonds is 8. The smallest absolute Gasteiger partial charge is 0.154 e. The Morgan fingerprint density at radius 2 is 1.28 bits per heavy atom. The van der Waals surface area contributed by atoms with Crippen molar-refractivity contribution in [1.82, 2.24) is 0 Å². The predicted octanol–water partition coefficient (Wildman–Crippen LogP) is 2.22. The summed E-state index contributed by atoms with van der Waals surface area (Å²) in [6.07, 6.45) is 2.07. The summed E-state index contributed by atoms with van der Waals surface area (Å²) in [6, 6.07) is 0. The maximum atomic E-state index is 5.81. The van der Waals surface area contributed by atoms with Gasteiger partial charge in [-0.1, -0.05) is 13.8 Å². The lowest BCUT2D eigenvalue weighted by Gasteiger charge is -2.42. The highest BCUT2D eigenvalue weighted by Crippen LogP contribution is 2.33. The highest BCUT2D eigenvalue weighted by atomic mass is 16.7. The van der Waals surface area contributed by atoms with Gasteiger partial charge in [-0.2, -0.15) is 0 Å². The van der Waals surface area contributed by atoms with Gasteiger partial charge in [-0.05, 0) is 19.8 Å². The second-order valence-corrected chi connectivity index (χ2v) is 5.88. The molecule has 0 aromatic carbocycles.